The molecular weight excluding hydrogens is 348 g/mol. The Hall–Kier alpha value is -0.363. The van der Waals surface area contributed by atoms with E-state index in [1.807, 2.05) is 24.3 Å². The van der Waals surface area contributed by atoms with Crippen LogP contribution in [0, 0.1) is 5.92 Å². The van der Waals surface area contributed by atoms with Crippen molar-refractivity contribution in [1.29, 1.82) is 0 Å². The number of benzene rings is 1. The highest BCUT2D eigenvalue weighted by molar-refractivity contribution is 9.10. The molecule has 1 rings (SSSR count). The van der Waals surface area contributed by atoms with Gasteiger partial charge in [-0.25, -0.2) is 0 Å². The molecule has 1 N–H and O–H groups in total. The number of halogens is 1. The molecule has 0 aliphatic rings. The van der Waals surface area contributed by atoms with Crippen LogP contribution in [0.1, 0.15) is 20.8 Å². The first-order chi connectivity index (χ1) is 9.65. The molecule has 21 heavy (non-hydrogen) atoms. The normalized spacial score (nSPS) is 14.0. The van der Waals surface area contributed by atoms with Gasteiger partial charge >= 0.3 is 0 Å². The monoisotopic (exact) mass is 374 g/mol. The maximum atomic E-state index is 9.50. The molecule has 5 heteroatoms. The molecule has 0 aromatic heterocycles. The highest BCUT2D eigenvalue weighted by atomic mass is 79.9. The number of aliphatic hydroxyl groups is 1. The van der Waals surface area contributed by atoms with Crippen LogP contribution in [0.4, 0.5) is 0 Å². The fourth-order valence-electron chi connectivity index (χ4n) is 1.47. The van der Waals surface area contributed by atoms with Crippen LogP contribution in [-0.2, 0) is 4.43 Å². The van der Waals surface area contributed by atoms with Gasteiger partial charge in [-0.15, -0.1) is 0 Å². The van der Waals surface area contributed by atoms with Crippen molar-refractivity contribution in [3.05, 3.63) is 28.7 Å². The van der Waals surface area contributed by atoms with Gasteiger partial charge in [0, 0.05) is 17.0 Å². The third-order valence-electron chi connectivity index (χ3n) is 4.03. The Morgan fingerprint density at radius 1 is 1.24 bits per heavy atom. The Kier molecular flexibility index (Phi) is 6.91. The van der Waals surface area contributed by atoms with Gasteiger partial charge in [0.2, 0.25) is 0 Å². The second kappa shape index (κ2) is 7.77. The molecule has 0 fully saturated rings. The Bertz CT molecular complexity index is 443. The fraction of sp³-hybridized carbons (Fsp3) is 0.625. The smallest absolute Gasteiger partial charge is 0.191 e. The largest absolute Gasteiger partial charge is 0.493 e. The second-order valence-electron chi connectivity index (χ2n) is 6.89. The van der Waals surface area contributed by atoms with E-state index in [0.29, 0.717) is 13.2 Å². The minimum atomic E-state index is -1.78. The zero-order chi connectivity index (χ0) is 16.1. The van der Waals surface area contributed by atoms with Crippen LogP contribution in [0.15, 0.2) is 28.7 Å². The van der Waals surface area contributed by atoms with Crippen molar-refractivity contribution in [2.75, 3.05) is 19.8 Å². The molecule has 0 spiro atoms. The second-order valence-corrected chi connectivity index (χ2v) is 12.6. The zero-order valence-electron chi connectivity index (χ0n) is 13.6. The highest BCUT2D eigenvalue weighted by Crippen LogP contribution is 2.36. The molecule has 1 aromatic rings. The Labute approximate surface area is 137 Å². The van der Waals surface area contributed by atoms with Gasteiger partial charge in [-0.1, -0.05) is 42.8 Å². The maximum Gasteiger partial charge on any atom is 0.191 e. The van der Waals surface area contributed by atoms with Crippen molar-refractivity contribution in [1.82, 2.24) is 0 Å². The van der Waals surface area contributed by atoms with Crippen molar-refractivity contribution in [2.45, 2.75) is 38.9 Å². The van der Waals surface area contributed by atoms with Crippen LogP contribution in [0.3, 0.4) is 0 Å². The SMILES string of the molecule is CC(C)(C)[Si](C)(C)OCC(CO)COc1cccc(Br)c1. The number of ether oxygens (including phenoxy) is 1. The van der Waals surface area contributed by atoms with Gasteiger partial charge in [-0.05, 0) is 36.3 Å². The van der Waals surface area contributed by atoms with Crippen molar-refractivity contribution in [3.8, 4) is 5.75 Å². The van der Waals surface area contributed by atoms with Gasteiger partial charge in [0.25, 0.3) is 0 Å². The summed E-state index contributed by atoms with van der Waals surface area (Å²) in [5.41, 5.74) is 0. The van der Waals surface area contributed by atoms with Crippen LogP contribution in [-0.4, -0.2) is 33.2 Å². The molecule has 0 saturated carbocycles. The molecule has 0 heterocycles. The zero-order valence-corrected chi connectivity index (χ0v) is 16.2. The van der Waals surface area contributed by atoms with Crippen molar-refractivity contribution in [2.24, 2.45) is 5.92 Å². The van der Waals surface area contributed by atoms with E-state index >= 15 is 0 Å². The van der Waals surface area contributed by atoms with E-state index in [2.05, 4.69) is 49.8 Å². The third-order valence-corrected chi connectivity index (χ3v) is 9.02. The van der Waals surface area contributed by atoms with Gasteiger partial charge in [-0.3, -0.25) is 0 Å². The first kappa shape index (κ1) is 18.7. The molecule has 0 aliphatic carbocycles. The lowest BCUT2D eigenvalue weighted by molar-refractivity contribution is 0.110. The third kappa shape index (κ3) is 6.10. The number of rotatable bonds is 7. The summed E-state index contributed by atoms with van der Waals surface area (Å²) in [6, 6.07) is 7.72. The van der Waals surface area contributed by atoms with Crippen LogP contribution in [0.5, 0.6) is 5.75 Å². The minimum Gasteiger partial charge on any atom is -0.493 e. The Morgan fingerprint density at radius 3 is 2.43 bits per heavy atom. The summed E-state index contributed by atoms with van der Waals surface area (Å²) in [4.78, 5) is 0. The number of hydrogen-bond donors (Lipinski definition) is 1. The van der Waals surface area contributed by atoms with E-state index in [1.165, 1.54) is 0 Å². The fourth-order valence-corrected chi connectivity index (χ4v) is 2.93. The maximum absolute atomic E-state index is 9.50. The highest BCUT2D eigenvalue weighted by Gasteiger charge is 2.37. The predicted octanol–water partition coefficient (Wildman–Crippen LogP) is 4.46. The lowest BCUT2D eigenvalue weighted by atomic mass is 10.2. The summed E-state index contributed by atoms with van der Waals surface area (Å²) >= 11 is 3.42. The molecule has 1 unspecified atom stereocenters. The molecule has 120 valence electrons. The Morgan fingerprint density at radius 2 is 1.90 bits per heavy atom. The lowest BCUT2D eigenvalue weighted by Gasteiger charge is -2.37. The molecular formula is C16H27BrO3Si. The molecule has 3 nitrogen and oxygen atoms in total. The van der Waals surface area contributed by atoms with Gasteiger partial charge < -0.3 is 14.3 Å². The molecule has 0 saturated heterocycles. The van der Waals surface area contributed by atoms with E-state index in [4.69, 9.17) is 9.16 Å². The topological polar surface area (TPSA) is 38.7 Å². The average Bonchev–Trinajstić information content (AvgIpc) is 2.37. The summed E-state index contributed by atoms with van der Waals surface area (Å²) in [5, 5.41) is 9.68. The van der Waals surface area contributed by atoms with Crippen LogP contribution < -0.4 is 4.74 Å². The molecule has 0 aliphatic heterocycles. The van der Waals surface area contributed by atoms with E-state index in [-0.39, 0.29) is 17.6 Å². The minimum absolute atomic E-state index is 0.00175. The van der Waals surface area contributed by atoms with E-state index in [1.54, 1.807) is 0 Å². The summed E-state index contributed by atoms with van der Waals surface area (Å²) in [6.45, 7) is 12.2. The predicted molar refractivity (Wildman–Crippen MR) is 93.4 cm³/mol. The van der Waals surface area contributed by atoms with Gasteiger partial charge in [0.15, 0.2) is 8.32 Å². The van der Waals surface area contributed by atoms with Crippen LogP contribution in [0.2, 0.25) is 18.1 Å². The summed E-state index contributed by atoms with van der Waals surface area (Å²) in [7, 11) is -1.78. The molecule has 1 aromatic carbocycles. The van der Waals surface area contributed by atoms with E-state index in [0.717, 1.165) is 10.2 Å². The lowest BCUT2D eigenvalue weighted by Crippen LogP contribution is -2.42. The Balaban J connectivity index is 2.49. The average molecular weight is 375 g/mol. The van der Waals surface area contributed by atoms with Crippen molar-refractivity contribution < 1.29 is 14.3 Å². The first-order valence-electron chi connectivity index (χ1n) is 7.29. The van der Waals surface area contributed by atoms with Crippen molar-refractivity contribution >= 4 is 24.2 Å². The van der Waals surface area contributed by atoms with Gasteiger partial charge in [-0.2, -0.15) is 0 Å². The molecule has 0 amide bonds. The molecule has 0 bridgehead atoms. The summed E-state index contributed by atoms with van der Waals surface area (Å²) in [6.07, 6.45) is 0. The molecule has 0 radical (unpaired) electrons. The summed E-state index contributed by atoms with van der Waals surface area (Å²) < 4.78 is 12.9. The van der Waals surface area contributed by atoms with Gasteiger partial charge in [0.1, 0.15) is 5.75 Å². The van der Waals surface area contributed by atoms with Crippen LogP contribution >= 0.6 is 15.9 Å². The molecule has 1 atom stereocenters. The number of hydrogen-bond acceptors (Lipinski definition) is 3. The summed E-state index contributed by atoms with van der Waals surface area (Å²) in [5.74, 6) is 0.799. The van der Waals surface area contributed by atoms with E-state index < -0.39 is 8.32 Å². The number of aliphatic hydroxyl groups excluding tert-OH is 1. The van der Waals surface area contributed by atoms with Gasteiger partial charge in [0.05, 0.1) is 13.2 Å². The van der Waals surface area contributed by atoms with Crippen molar-refractivity contribution in [3.63, 3.8) is 0 Å². The standard InChI is InChI=1S/C16H27BrO3Si/c1-16(2,3)21(4,5)20-12-13(10-18)11-19-15-8-6-7-14(17)9-15/h6-9,13,18H,10-12H2,1-5H3. The first-order valence-corrected chi connectivity index (χ1v) is 11.0. The van der Waals surface area contributed by atoms with Crippen LogP contribution in [0.25, 0.3) is 0 Å². The van der Waals surface area contributed by atoms with E-state index in [9.17, 15) is 5.11 Å². The quantitative estimate of drug-likeness (QED) is 0.716.